The van der Waals surface area contributed by atoms with E-state index in [9.17, 15) is 9.90 Å². The monoisotopic (exact) mass is 497 g/mol. The minimum absolute atomic E-state index is 0.131. The number of aliphatic hydroxyl groups is 1. The molecule has 0 amide bonds. The summed E-state index contributed by atoms with van der Waals surface area (Å²) in [6.45, 7) is 5.28. The van der Waals surface area contributed by atoms with Crippen LogP contribution in [0.25, 0.3) is 0 Å². The number of benzene rings is 1. The van der Waals surface area contributed by atoms with Gasteiger partial charge >= 0.3 is 5.97 Å². The predicted octanol–water partition coefficient (Wildman–Crippen LogP) is 4.72. The maximum atomic E-state index is 13.5. The van der Waals surface area contributed by atoms with Crippen LogP contribution in [0, 0.1) is 5.92 Å². The molecule has 1 atom stereocenters. The molecular weight excluding hydrogens is 464 g/mol. The number of piperidine rings is 3. The van der Waals surface area contributed by atoms with E-state index in [1.54, 1.807) is 0 Å². The van der Waals surface area contributed by atoms with Crippen LogP contribution < -0.4 is 4.90 Å². The highest BCUT2D eigenvalue weighted by atomic mass is 32.1. The van der Waals surface area contributed by atoms with E-state index in [0.717, 1.165) is 56.5 Å². The number of nitrogens with zero attached hydrogens (tertiary/aromatic N) is 2. The highest BCUT2D eigenvalue weighted by Gasteiger charge is 2.51. The maximum Gasteiger partial charge on any atom is 0.349 e. The molecule has 3 aliphatic heterocycles. The molecular formula is C27H33N2O3S2+. The van der Waals surface area contributed by atoms with Gasteiger partial charge in [0.25, 0.3) is 0 Å². The number of ether oxygens (including phenoxy) is 1. The Morgan fingerprint density at radius 3 is 2.29 bits per heavy atom. The van der Waals surface area contributed by atoms with Crippen LogP contribution in [0.15, 0.2) is 65.4 Å². The summed E-state index contributed by atoms with van der Waals surface area (Å²) in [5, 5.41) is 15.4. The quantitative estimate of drug-likeness (QED) is 0.343. The molecule has 7 heteroatoms. The van der Waals surface area contributed by atoms with Gasteiger partial charge in [0.1, 0.15) is 6.54 Å². The molecule has 5 nitrogen and oxygen atoms in total. The molecule has 3 aromatic rings. The number of thiophene rings is 2. The SMILES string of the molecule is CN(CCC[N+]12CCC(CC1)C(OC(=O)C(O)(c1cccs1)c1cccs1)C2)c1ccccc1. The summed E-state index contributed by atoms with van der Waals surface area (Å²) in [5.41, 5.74) is -0.481. The molecule has 6 rings (SSSR count). The van der Waals surface area contributed by atoms with Crippen molar-refractivity contribution in [1.82, 2.24) is 0 Å². The third kappa shape index (κ3) is 4.54. The fourth-order valence-electron chi connectivity index (χ4n) is 5.64. The zero-order valence-corrected chi connectivity index (χ0v) is 21.3. The van der Waals surface area contributed by atoms with Crippen LogP contribution in [0.4, 0.5) is 5.69 Å². The van der Waals surface area contributed by atoms with Crippen LogP contribution in [0.1, 0.15) is 29.0 Å². The van der Waals surface area contributed by atoms with Crippen LogP contribution in [-0.4, -0.2) is 61.4 Å². The summed E-state index contributed by atoms with van der Waals surface area (Å²) in [6.07, 6.45) is 3.14. The smallest absolute Gasteiger partial charge is 0.349 e. The second-order valence-corrected chi connectivity index (χ2v) is 11.6. The average molecular weight is 498 g/mol. The Morgan fingerprint density at radius 2 is 1.71 bits per heavy atom. The van der Waals surface area contributed by atoms with Gasteiger partial charge in [-0.2, -0.15) is 0 Å². The van der Waals surface area contributed by atoms with E-state index >= 15 is 0 Å². The van der Waals surface area contributed by atoms with E-state index in [-0.39, 0.29) is 6.10 Å². The topological polar surface area (TPSA) is 49.8 Å². The number of esters is 1. The molecule has 0 aliphatic carbocycles. The summed E-state index contributed by atoms with van der Waals surface area (Å²) in [7, 11) is 2.15. The van der Waals surface area contributed by atoms with Gasteiger partial charge in [-0.1, -0.05) is 30.3 Å². The van der Waals surface area contributed by atoms with Gasteiger partial charge in [-0.15, -0.1) is 22.7 Å². The lowest BCUT2D eigenvalue weighted by Gasteiger charge is -2.52. The summed E-state index contributed by atoms with van der Waals surface area (Å²) >= 11 is 2.78. The molecule has 0 saturated carbocycles. The van der Waals surface area contributed by atoms with Crippen molar-refractivity contribution in [2.45, 2.75) is 31.0 Å². The second kappa shape index (κ2) is 9.82. The standard InChI is InChI=1S/C27H33N2O3S2/c1-28(22-8-3-2-4-9-22)14-7-15-29-16-12-21(13-17-29)23(20-29)32-26(30)27(31,24-10-5-18-33-24)25-11-6-19-34-25/h2-6,8-11,18-19,21,23,31H,7,12-17,20H2,1H3/q+1. The van der Waals surface area contributed by atoms with Gasteiger partial charge in [-0.05, 0) is 35.0 Å². The zero-order chi connectivity index (χ0) is 23.6. The third-order valence-corrected chi connectivity index (χ3v) is 9.63. The van der Waals surface area contributed by atoms with Crippen molar-refractivity contribution in [3.8, 4) is 0 Å². The van der Waals surface area contributed by atoms with Gasteiger partial charge in [0, 0.05) is 44.5 Å². The first-order chi connectivity index (χ1) is 16.5. The largest absolute Gasteiger partial charge is 0.453 e. The molecule has 1 N–H and O–H groups in total. The van der Waals surface area contributed by atoms with Gasteiger partial charge in [0.2, 0.25) is 5.60 Å². The lowest BCUT2D eigenvalue weighted by Crippen LogP contribution is -2.65. The van der Waals surface area contributed by atoms with E-state index in [2.05, 4.69) is 36.2 Å². The van der Waals surface area contributed by atoms with Crippen molar-refractivity contribution < 1.29 is 19.1 Å². The van der Waals surface area contributed by atoms with E-state index in [0.29, 0.717) is 15.7 Å². The number of carbonyl (C=O) groups excluding carboxylic acids is 1. The number of rotatable bonds is 9. The number of hydrogen-bond donors (Lipinski definition) is 1. The fraction of sp³-hybridized carbons (Fsp3) is 0.444. The molecule has 5 heterocycles. The average Bonchev–Trinajstić information content (AvgIpc) is 3.60. The normalized spacial score (nSPS) is 24.2. The molecule has 180 valence electrons. The first kappa shape index (κ1) is 23.5. The van der Waals surface area contributed by atoms with Crippen LogP contribution in [0.5, 0.6) is 0 Å². The van der Waals surface area contributed by atoms with Crippen molar-refractivity contribution in [3.63, 3.8) is 0 Å². The maximum absolute atomic E-state index is 13.5. The number of para-hydroxylation sites is 1. The Hall–Kier alpha value is -2.19. The molecule has 34 heavy (non-hydrogen) atoms. The van der Waals surface area contributed by atoms with Crippen LogP contribution in [-0.2, 0) is 15.1 Å². The molecule has 2 bridgehead atoms. The molecule has 1 unspecified atom stereocenters. The summed E-state index contributed by atoms with van der Waals surface area (Å²) in [4.78, 5) is 17.1. The molecule has 3 aliphatic rings. The number of hydrogen-bond acceptors (Lipinski definition) is 6. The highest BCUT2D eigenvalue weighted by Crippen LogP contribution is 2.40. The van der Waals surface area contributed by atoms with Crippen LogP contribution in [0.2, 0.25) is 0 Å². The number of quaternary nitrogens is 1. The predicted molar refractivity (Wildman–Crippen MR) is 138 cm³/mol. The number of anilines is 1. The molecule has 3 fully saturated rings. The Morgan fingerprint density at radius 1 is 1.06 bits per heavy atom. The van der Waals surface area contributed by atoms with Crippen molar-refractivity contribution >= 4 is 34.3 Å². The molecule has 0 radical (unpaired) electrons. The van der Waals surface area contributed by atoms with Crippen molar-refractivity contribution in [3.05, 3.63) is 75.1 Å². The summed E-state index contributed by atoms with van der Waals surface area (Å²) in [5.74, 6) is -0.134. The highest BCUT2D eigenvalue weighted by molar-refractivity contribution is 7.12. The zero-order valence-electron chi connectivity index (χ0n) is 19.6. The van der Waals surface area contributed by atoms with Crippen molar-refractivity contribution in [2.24, 2.45) is 5.92 Å². The van der Waals surface area contributed by atoms with E-state index in [4.69, 9.17) is 4.74 Å². The van der Waals surface area contributed by atoms with Gasteiger partial charge in [0.15, 0.2) is 6.10 Å². The first-order valence-corrected chi connectivity index (χ1v) is 13.9. The Kier molecular flexibility index (Phi) is 6.80. The van der Waals surface area contributed by atoms with Gasteiger partial charge in [-0.3, -0.25) is 0 Å². The van der Waals surface area contributed by atoms with E-state index in [1.165, 1.54) is 28.4 Å². The summed E-state index contributed by atoms with van der Waals surface area (Å²) < 4.78 is 7.18. The van der Waals surface area contributed by atoms with Crippen LogP contribution in [0.3, 0.4) is 0 Å². The first-order valence-electron chi connectivity index (χ1n) is 12.1. The van der Waals surface area contributed by atoms with E-state index < -0.39 is 11.6 Å². The fourth-order valence-corrected chi connectivity index (χ4v) is 7.35. The van der Waals surface area contributed by atoms with Crippen molar-refractivity contribution in [2.75, 3.05) is 44.7 Å². The third-order valence-electron chi connectivity index (χ3n) is 7.67. The molecule has 0 spiro atoms. The number of fused-ring (bicyclic) bond motifs is 3. The molecule has 3 saturated heterocycles. The minimum atomic E-state index is -1.72. The van der Waals surface area contributed by atoms with Crippen LogP contribution >= 0.6 is 22.7 Å². The number of carbonyl (C=O) groups is 1. The van der Waals surface area contributed by atoms with E-state index in [1.807, 2.05) is 41.1 Å². The Labute approximate surface area is 209 Å². The second-order valence-electron chi connectivity index (χ2n) is 9.75. The van der Waals surface area contributed by atoms with Gasteiger partial charge < -0.3 is 19.2 Å². The Balaban J connectivity index is 1.25. The van der Waals surface area contributed by atoms with Gasteiger partial charge in [0.05, 0.1) is 29.4 Å². The van der Waals surface area contributed by atoms with Crippen molar-refractivity contribution in [1.29, 1.82) is 0 Å². The van der Waals surface area contributed by atoms with Gasteiger partial charge in [-0.25, -0.2) is 4.79 Å². The minimum Gasteiger partial charge on any atom is -0.453 e. The lowest BCUT2D eigenvalue weighted by molar-refractivity contribution is -0.946. The summed E-state index contributed by atoms with van der Waals surface area (Å²) in [6, 6.07) is 17.9. The lowest BCUT2D eigenvalue weighted by atomic mass is 9.83. The molecule has 2 aromatic heterocycles. The Bertz CT molecular complexity index is 1030. The molecule has 1 aromatic carbocycles.